The van der Waals surface area contributed by atoms with Crippen LogP contribution in [0.15, 0.2) is 52.4 Å². The van der Waals surface area contributed by atoms with Crippen LogP contribution in [0.3, 0.4) is 0 Å². The van der Waals surface area contributed by atoms with E-state index in [1.807, 2.05) is 32.9 Å². The van der Waals surface area contributed by atoms with Gasteiger partial charge < -0.3 is 5.32 Å². The zero-order chi connectivity index (χ0) is 19.6. The molecule has 0 bridgehead atoms. The summed E-state index contributed by atoms with van der Waals surface area (Å²) >= 11 is 0. The zero-order valence-electron chi connectivity index (χ0n) is 15.6. The number of fused-ring (bicyclic) bond motifs is 1. The minimum atomic E-state index is -3.55. The molecule has 7 heteroatoms. The van der Waals surface area contributed by atoms with Crippen LogP contribution in [0.1, 0.15) is 41.6 Å². The first kappa shape index (κ1) is 19.1. The van der Waals surface area contributed by atoms with Crippen molar-refractivity contribution in [2.75, 3.05) is 6.54 Å². The molecule has 0 radical (unpaired) electrons. The van der Waals surface area contributed by atoms with Crippen molar-refractivity contribution in [1.82, 2.24) is 10.0 Å². The van der Waals surface area contributed by atoms with E-state index in [2.05, 4.69) is 21.1 Å². The van der Waals surface area contributed by atoms with Crippen LogP contribution < -0.4 is 10.0 Å². The smallest absolute Gasteiger partial charge is 0.263 e. The number of amidine groups is 1. The van der Waals surface area contributed by atoms with Gasteiger partial charge in [-0.25, -0.2) is 8.42 Å². The summed E-state index contributed by atoms with van der Waals surface area (Å²) in [4.78, 5) is 16.7. The quantitative estimate of drug-likeness (QED) is 0.829. The molecule has 2 N–H and O–H groups in total. The second-order valence-electron chi connectivity index (χ2n) is 6.73. The second kappa shape index (κ2) is 7.52. The van der Waals surface area contributed by atoms with Crippen molar-refractivity contribution in [2.24, 2.45) is 4.99 Å². The fourth-order valence-electron chi connectivity index (χ4n) is 3.14. The van der Waals surface area contributed by atoms with E-state index in [0.29, 0.717) is 11.4 Å². The molecule has 3 rings (SSSR count). The highest BCUT2D eigenvalue weighted by Crippen LogP contribution is 2.22. The maximum absolute atomic E-state index is 12.3. The van der Waals surface area contributed by atoms with E-state index in [9.17, 15) is 13.2 Å². The van der Waals surface area contributed by atoms with Gasteiger partial charge in [-0.3, -0.25) is 14.5 Å². The highest BCUT2D eigenvalue weighted by atomic mass is 32.2. The Morgan fingerprint density at radius 2 is 1.93 bits per heavy atom. The van der Waals surface area contributed by atoms with Crippen LogP contribution in [0.4, 0.5) is 0 Å². The van der Waals surface area contributed by atoms with Gasteiger partial charge in [0.15, 0.2) is 0 Å². The lowest BCUT2D eigenvalue weighted by Gasteiger charge is -2.17. The number of nitrogens with one attached hydrogen (secondary N) is 2. The molecule has 1 amide bonds. The van der Waals surface area contributed by atoms with E-state index >= 15 is 0 Å². The van der Waals surface area contributed by atoms with E-state index in [0.717, 1.165) is 16.7 Å². The molecule has 1 heterocycles. The van der Waals surface area contributed by atoms with Gasteiger partial charge >= 0.3 is 0 Å². The van der Waals surface area contributed by atoms with Crippen molar-refractivity contribution in [1.29, 1.82) is 0 Å². The molecule has 6 nitrogen and oxygen atoms in total. The van der Waals surface area contributed by atoms with Crippen LogP contribution >= 0.6 is 0 Å². The van der Waals surface area contributed by atoms with E-state index in [1.165, 1.54) is 0 Å². The van der Waals surface area contributed by atoms with Crippen LogP contribution in [0, 0.1) is 13.8 Å². The first-order valence-corrected chi connectivity index (χ1v) is 10.3. The summed E-state index contributed by atoms with van der Waals surface area (Å²) in [6, 6.07) is 12.7. The number of aryl methyl sites for hydroxylation is 2. The molecule has 1 aliphatic heterocycles. The zero-order valence-corrected chi connectivity index (χ0v) is 16.4. The maximum atomic E-state index is 12.3. The predicted octanol–water partition coefficient (Wildman–Crippen LogP) is 2.61. The summed E-state index contributed by atoms with van der Waals surface area (Å²) in [6.07, 6.45) is 0.183. The lowest BCUT2D eigenvalue weighted by molar-refractivity contribution is -0.121. The highest BCUT2D eigenvalue weighted by Gasteiger charge is 2.29. The van der Waals surface area contributed by atoms with Crippen LogP contribution in [0.5, 0.6) is 0 Å². The van der Waals surface area contributed by atoms with Crippen molar-refractivity contribution in [3.8, 4) is 0 Å². The van der Waals surface area contributed by atoms with E-state index in [4.69, 9.17) is 0 Å². The number of rotatable bonds is 5. The average molecular weight is 385 g/mol. The molecule has 2 aromatic rings. The molecule has 1 unspecified atom stereocenters. The van der Waals surface area contributed by atoms with Crippen LogP contribution in [-0.4, -0.2) is 26.7 Å². The lowest BCUT2D eigenvalue weighted by Crippen LogP contribution is -2.28. The average Bonchev–Trinajstić information content (AvgIpc) is 2.88. The molecule has 0 spiro atoms. The number of nitrogens with zero attached hydrogens (tertiary/aromatic N) is 1. The molecule has 0 saturated carbocycles. The monoisotopic (exact) mass is 385 g/mol. The first-order valence-electron chi connectivity index (χ1n) is 8.81. The van der Waals surface area contributed by atoms with Gasteiger partial charge in [0, 0.05) is 12.0 Å². The summed E-state index contributed by atoms with van der Waals surface area (Å²) in [6.45, 7) is 6.20. The molecule has 27 heavy (non-hydrogen) atoms. The number of hydrogen-bond acceptors (Lipinski definition) is 4. The Morgan fingerprint density at radius 1 is 1.19 bits per heavy atom. The number of carbonyl (C=O) groups excluding carboxylic acids is 1. The molecule has 1 atom stereocenters. The number of amides is 1. The molecule has 1 aliphatic rings. The summed E-state index contributed by atoms with van der Waals surface area (Å²) in [5, 5.41) is 2.98. The Hall–Kier alpha value is -2.67. The van der Waals surface area contributed by atoms with Gasteiger partial charge in [0.2, 0.25) is 5.91 Å². The molecule has 0 saturated heterocycles. The highest BCUT2D eigenvalue weighted by molar-refractivity contribution is 7.90. The minimum Gasteiger partial charge on any atom is -0.350 e. The van der Waals surface area contributed by atoms with Gasteiger partial charge in [0.05, 0.1) is 17.5 Å². The van der Waals surface area contributed by atoms with Crippen LogP contribution in [0.2, 0.25) is 0 Å². The fourth-order valence-corrected chi connectivity index (χ4v) is 4.39. The van der Waals surface area contributed by atoms with Crippen molar-refractivity contribution in [3.63, 3.8) is 0 Å². The SMILES string of the molecule is Cc1ccc(C)c(C(C)NC(=O)CCN=C2NS(=O)(=O)c3ccccc32)c1. The Labute approximate surface area is 159 Å². The molecular formula is C20H23N3O3S. The number of sulfonamides is 1. The summed E-state index contributed by atoms with van der Waals surface area (Å²) in [5.74, 6) is 0.169. The Bertz CT molecular complexity index is 1010. The van der Waals surface area contributed by atoms with Gasteiger partial charge in [-0.05, 0) is 44.0 Å². The molecule has 0 aromatic heterocycles. The molecular weight excluding hydrogens is 362 g/mol. The normalized spacial score (nSPS) is 17.2. The minimum absolute atomic E-state index is 0.101. The summed E-state index contributed by atoms with van der Waals surface area (Å²) < 4.78 is 26.5. The molecule has 0 fully saturated rings. The first-order chi connectivity index (χ1) is 12.8. The van der Waals surface area contributed by atoms with Gasteiger partial charge in [-0.15, -0.1) is 0 Å². The number of hydrogen-bond donors (Lipinski definition) is 2. The molecule has 0 aliphatic carbocycles. The van der Waals surface area contributed by atoms with Gasteiger partial charge in [0.1, 0.15) is 5.84 Å². The third-order valence-corrected chi connectivity index (χ3v) is 5.95. The predicted molar refractivity (Wildman–Crippen MR) is 105 cm³/mol. The molecule has 2 aromatic carbocycles. The van der Waals surface area contributed by atoms with Gasteiger partial charge in [-0.1, -0.05) is 35.9 Å². The fraction of sp³-hybridized carbons (Fsp3) is 0.300. The van der Waals surface area contributed by atoms with Crippen molar-refractivity contribution >= 4 is 21.8 Å². The van der Waals surface area contributed by atoms with Crippen molar-refractivity contribution in [2.45, 2.75) is 38.1 Å². The molecule has 142 valence electrons. The van der Waals surface area contributed by atoms with Gasteiger partial charge in [-0.2, -0.15) is 0 Å². The lowest BCUT2D eigenvalue weighted by atomic mass is 10.00. The Balaban J connectivity index is 1.62. The van der Waals surface area contributed by atoms with Crippen molar-refractivity contribution in [3.05, 3.63) is 64.7 Å². The maximum Gasteiger partial charge on any atom is 0.263 e. The number of aliphatic imine (C=N–C) groups is 1. The summed E-state index contributed by atoms with van der Waals surface area (Å²) in [7, 11) is -3.55. The summed E-state index contributed by atoms with van der Waals surface area (Å²) in [5.41, 5.74) is 3.91. The third-order valence-electron chi connectivity index (χ3n) is 4.55. The van der Waals surface area contributed by atoms with E-state index in [-0.39, 0.29) is 29.8 Å². The van der Waals surface area contributed by atoms with E-state index in [1.54, 1.807) is 24.3 Å². The Morgan fingerprint density at radius 3 is 2.70 bits per heavy atom. The standard InChI is InChI=1S/C20H23N3O3S/c1-13-8-9-14(2)17(12-13)15(3)22-19(24)10-11-21-20-16-6-4-5-7-18(16)27(25,26)23-20/h4-9,12,15H,10-11H2,1-3H3,(H,21,23)(H,22,24). The van der Waals surface area contributed by atoms with Crippen LogP contribution in [0.25, 0.3) is 0 Å². The van der Waals surface area contributed by atoms with Crippen molar-refractivity contribution < 1.29 is 13.2 Å². The Kier molecular flexibility index (Phi) is 5.32. The third kappa shape index (κ3) is 4.19. The van der Waals surface area contributed by atoms with Crippen LogP contribution in [-0.2, 0) is 14.8 Å². The largest absolute Gasteiger partial charge is 0.350 e. The number of carbonyl (C=O) groups is 1. The second-order valence-corrected chi connectivity index (χ2v) is 8.38. The topological polar surface area (TPSA) is 87.6 Å². The number of benzene rings is 2. The van der Waals surface area contributed by atoms with Gasteiger partial charge in [0.25, 0.3) is 10.0 Å². The van der Waals surface area contributed by atoms with E-state index < -0.39 is 10.0 Å².